The van der Waals surface area contributed by atoms with Crippen molar-refractivity contribution in [1.82, 2.24) is 0 Å². The van der Waals surface area contributed by atoms with E-state index in [1.165, 1.54) is 13.8 Å². The van der Waals surface area contributed by atoms with Crippen LogP contribution in [0.1, 0.15) is 42.7 Å². The number of hydrogen-bond acceptors (Lipinski definition) is 10. The number of esters is 2. The van der Waals surface area contributed by atoms with Crippen LogP contribution in [0.2, 0.25) is 0 Å². The summed E-state index contributed by atoms with van der Waals surface area (Å²) in [6.07, 6.45) is -2.47. The van der Waals surface area contributed by atoms with Crippen LogP contribution in [0.3, 0.4) is 0 Å². The van der Waals surface area contributed by atoms with Gasteiger partial charge in [-0.05, 0) is 41.0 Å². The van der Waals surface area contributed by atoms with Crippen LogP contribution >= 0.6 is 0 Å². The minimum absolute atomic E-state index is 0.0990. The molecule has 0 N–H and O–H groups in total. The molecule has 214 valence electrons. The van der Waals surface area contributed by atoms with Crippen LogP contribution in [0.25, 0.3) is 0 Å². The average Bonchev–Trinajstić information content (AvgIpc) is 3.70. The van der Waals surface area contributed by atoms with E-state index in [9.17, 15) is 9.59 Å². The molecule has 0 aromatic heterocycles. The second kappa shape index (κ2) is 11.7. The molecular formula is C31H30O10. The Bertz CT molecular complexity index is 1410. The Labute approximate surface area is 237 Å². The van der Waals surface area contributed by atoms with Crippen molar-refractivity contribution in [1.29, 1.82) is 0 Å². The first-order valence-electron chi connectivity index (χ1n) is 13.4. The molecule has 41 heavy (non-hydrogen) atoms. The summed E-state index contributed by atoms with van der Waals surface area (Å²) in [5.41, 5.74) is 2.44. The van der Waals surface area contributed by atoms with Crippen molar-refractivity contribution in [3.8, 4) is 23.0 Å². The highest BCUT2D eigenvalue weighted by atomic mass is 16.7. The highest BCUT2D eigenvalue weighted by Crippen LogP contribution is 2.51. The normalized spacial score (nSPS) is 22.8. The maximum absolute atomic E-state index is 12.4. The van der Waals surface area contributed by atoms with Crippen molar-refractivity contribution in [2.75, 3.05) is 20.2 Å². The number of carbonyl (C=O) groups is 2. The lowest BCUT2D eigenvalue weighted by Crippen LogP contribution is -2.34. The largest absolute Gasteiger partial charge is 0.457 e. The molecule has 1 saturated heterocycles. The minimum atomic E-state index is -1.04. The molecule has 0 amide bonds. The molecule has 0 spiro atoms. The van der Waals surface area contributed by atoms with Gasteiger partial charge in [0.15, 0.2) is 23.0 Å². The Morgan fingerprint density at radius 2 is 1.51 bits per heavy atom. The van der Waals surface area contributed by atoms with E-state index < -0.39 is 42.3 Å². The lowest BCUT2D eigenvalue weighted by Gasteiger charge is -2.31. The van der Waals surface area contributed by atoms with E-state index in [1.807, 2.05) is 54.6 Å². The number of ether oxygens (including phenoxy) is 8. The molecule has 3 heterocycles. The van der Waals surface area contributed by atoms with Crippen molar-refractivity contribution < 1.29 is 47.5 Å². The number of hydrogen-bond donors (Lipinski definition) is 0. The van der Waals surface area contributed by atoms with E-state index in [2.05, 4.69) is 0 Å². The summed E-state index contributed by atoms with van der Waals surface area (Å²) in [5.74, 6) is 0.298. The van der Waals surface area contributed by atoms with E-state index in [0.717, 1.165) is 11.1 Å². The molecule has 3 aliphatic rings. The second-order valence-corrected chi connectivity index (χ2v) is 10.0. The van der Waals surface area contributed by atoms with Crippen molar-refractivity contribution in [2.45, 2.75) is 39.0 Å². The van der Waals surface area contributed by atoms with Gasteiger partial charge in [-0.2, -0.15) is 0 Å². The summed E-state index contributed by atoms with van der Waals surface area (Å²) >= 11 is 0. The predicted octanol–water partition coefficient (Wildman–Crippen LogP) is 4.86. The first-order valence-corrected chi connectivity index (χ1v) is 13.4. The molecule has 0 radical (unpaired) electrons. The monoisotopic (exact) mass is 562 g/mol. The zero-order valence-electron chi connectivity index (χ0n) is 22.6. The van der Waals surface area contributed by atoms with Crippen molar-refractivity contribution >= 4 is 11.9 Å². The summed E-state index contributed by atoms with van der Waals surface area (Å²) < 4.78 is 46.5. The Balaban J connectivity index is 1.39. The number of fused-ring (bicyclic) bond motifs is 2. The number of carbonyl (C=O) groups excluding carboxylic acids is 2. The minimum Gasteiger partial charge on any atom is -0.457 e. The van der Waals surface area contributed by atoms with Crippen LogP contribution in [-0.2, 0) is 35.1 Å². The van der Waals surface area contributed by atoms with Crippen LogP contribution in [-0.4, -0.2) is 38.4 Å². The molecule has 1 fully saturated rings. The predicted molar refractivity (Wildman–Crippen MR) is 142 cm³/mol. The van der Waals surface area contributed by atoms with Gasteiger partial charge in [0.25, 0.3) is 0 Å². The van der Waals surface area contributed by atoms with Crippen LogP contribution in [0.15, 0.2) is 66.7 Å². The Hall–Kier alpha value is -4.28. The van der Waals surface area contributed by atoms with E-state index in [4.69, 9.17) is 37.9 Å². The molecule has 2 unspecified atom stereocenters. The molecule has 3 aromatic rings. The second-order valence-electron chi connectivity index (χ2n) is 10.0. The number of rotatable bonds is 9. The van der Waals surface area contributed by atoms with Gasteiger partial charge in [-0.1, -0.05) is 42.5 Å². The highest BCUT2D eigenvalue weighted by molar-refractivity contribution is 5.67. The van der Waals surface area contributed by atoms with E-state index in [0.29, 0.717) is 35.2 Å². The van der Waals surface area contributed by atoms with E-state index >= 15 is 0 Å². The summed E-state index contributed by atoms with van der Waals surface area (Å²) in [6, 6.07) is 20.7. The van der Waals surface area contributed by atoms with Gasteiger partial charge in [-0.3, -0.25) is 9.59 Å². The molecule has 3 aromatic carbocycles. The molecule has 5 atom stereocenters. The van der Waals surface area contributed by atoms with Crippen molar-refractivity contribution in [2.24, 2.45) is 11.8 Å². The van der Waals surface area contributed by atoms with E-state index in [-0.39, 0.29) is 20.2 Å². The molecule has 10 heteroatoms. The first-order chi connectivity index (χ1) is 20.0. The topological polar surface area (TPSA) is 108 Å². The van der Waals surface area contributed by atoms with Crippen LogP contribution in [0, 0.1) is 11.8 Å². The summed E-state index contributed by atoms with van der Waals surface area (Å²) in [5, 5.41) is 0. The fourth-order valence-corrected chi connectivity index (χ4v) is 5.52. The van der Waals surface area contributed by atoms with Gasteiger partial charge in [0.2, 0.25) is 19.9 Å². The van der Waals surface area contributed by atoms with Gasteiger partial charge >= 0.3 is 11.9 Å². The van der Waals surface area contributed by atoms with Crippen LogP contribution in [0.5, 0.6) is 23.0 Å². The average molecular weight is 563 g/mol. The van der Waals surface area contributed by atoms with Crippen LogP contribution < -0.4 is 18.9 Å². The lowest BCUT2D eigenvalue weighted by molar-refractivity contribution is -0.189. The summed E-state index contributed by atoms with van der Waals surface area (Å²) in [6.45, 7) is 3.47. The first kappa shape index (κ1) is 26.9. The van der Waals surface area contributed by atoms with Crippen molar-refractivity contribution in [3.63, 3.8) is 0 Å². The zero-order valence-corrected chi connectivity index (χ0v) is 22.6. The third-order valence-electron chi connectivity index (χ3n) is 7.28. The molecule has 0 aliphatic carbocycles. The molecule has 10 nitrogen and oxygen atoms in total. The van der Waals surface area contributed by atoms with Gasteiger partial charge in [0.05, 0.1) is 25.2 Å². The smallest absolute Gasteiger partial charge is 0.304 e. The third-order valence-corrected chi connectivity index (χ3v) is 7.28. The van der Waals surface area contributed by atoms with Crippen LogP contribution in [0.4, 0.5) is 0 Å². The van der Waals surface area contributed by atoms with Gasteiger partial charge in [0, 0.05) is 19.8 Å². The fourth-order valence-electron chi connectivity index (χ4n) is 5.52. The molecule has 6 rings (SSSR count). The highest BCUT2D eigenvalue weighted by Gasteiger charge is 2.52. The Kier molecular flexibility index (Phi) is 7.67. The van der Waals surface area contributed by atoms with Gasteiger partial charge in [0.1, 0.15) is 6.10 Å². The molecule has 0 bridgehead atoms. The lowest BCUT2D eigenvalue weighted by atomic mass is 9.81. The number of benzene rings is 3. The van der Waals surface area contributed by atoms with E-state index in [1.54, 1.807) is 12.1 Å². The third kappa shape index (κ3) is 5.79. The molecule has 0 saturated carbocycles. The van der Waals surface area contributed by atoms with Gasteiger partial charge < -0.3 is 37.9 Å². The molecule has 3 aliphatic heterocycles. The molecular weight excluding hydrogens is 532 g/mol. The Morgan fingerprint density at radius 1 is 0.829 bits per heavy atom. The van der Waals surface area contributed by atoms with Gasteiger partial charge in [-0.15, -0.1) is 0 Å². The van der Waals surface area contributed by atoms with Crippen molar-refractivity contribution in [3.05, 3.63) is 83.4 Å². The maximum Gasteiger partial charge on any atom is 0.304 e. The summed E-state index contributed by atoms with van der Waals surface area (Å²) in [4.78, 5) is 24.7. The standard InChI is InChI=1S/C31H30O10/c1-18(32)39-30(22-9-11-25-27(13-22)38-17-36-25)28-23(15-34-14-20-6-4-3-5-7-20)29(41-31(28)40-19(2)33)21-8-10-24-26(12-21)37-16-35-24/h3-13,23,28-31H,14-17H2,1-2H3/t23-,28+,29+,30?,31?/m0/s1. The fraction of sp³-hybridized carbons (Fsp3) is 0.355. The maximum atomic E-state index is 12.4. The zero-order chi connectivity index (χ0) is 28.3. The van der Waals surface area contributed by atoms with Gasteiger partial charge in [-0.25, -0.2) is 0 Å². The quantitative estimate of drug-likeness (QED) is 0.336. The summed E-state index contributed by atoms with van der Waals surface area (Å²) in [7, 11) is 0. The SMILES string of the molecule is CC(=O)OC1O[C@H](c2ccc3c(c2)OCO3)[C@@H](COCc2ccccc2)[C@@H]1C(OC(C)=O)c1ccc2c(c1)OCO2. The Morgan fingerprint density at radius 3 is 2.22 bits per heavy atom.